The molecule has 144 valence electrons. The Morgan fingerprint density at radius 3 is 2.81 bits per heavy atom. The van der Waals surface area contributed by atoms with Crippen LogP contribution < -0.4 is 10.6 Å². The van der Waals surface area contributed by atoms with Crippen molar-refractivity contribution in [3.63, 3.8) is 0 Å². The lowest BCUT2D eigenvalue weighted by molar-refractivity contribution is -0.126. The first-order valence-corrected chi connectivity index (χ1v) is 11.0. The number of carbonyl (C=O) groups excluding carboxylic acids is 1. The molecule has 1 aliphatic heterocycles. The first kappa shape index (κ1) is 18.6. The Labute approximate surface area is 165 Å². The summed E-state index contributed by atoms with van der Waals surface area (Å²) >= 11 is 2.05. The number of carbonyl (C=O) groups is 1. The third-order valence-electron chi connectivity index (χ3n) is 5.77. The minimum Gasteiger partial charge on any atom is -0.324 e. The van der Waals surface area contributed by atoms with E-state index in [1.165, 1.54) is 31.2 Å². The van der Waals surface area contributed by atoms with Crippen LogP contribution in [0.15, 0.2) is 42.7 Å². The highest BCUT2D eigenvalue weighted by atomic mass is 32.2. The van der Waals surface area contributed by atoms with Crippen LogP contribution in [-0.2, 0) is 16.1 Å². The fourth-order valence-corrected chi connectivity index (χ4v) is 5.45. The van der Waals surface area contributed by atoms with Gasteiger partial charge in [0.1, 0.15) is 5.54 Å². The lowest BCUT2D eigenvalue weighted by atomic mass is 9.87. The molecule has 2 aromatic rings. The maximum absolute atomic E-state index is 13.3. The molecule has 1 aliphatic carbocycles. The topological polar surface area (TPSA) is 59.0 Å². The fourth-order valence-electron chi connectivity index (χ4n) is 4.18. The van der Waals surface area contributed by atoms with Crippen LogP contribution in [0, 0.1) is 0 Å². The van der Waals surface area contributed by atoms with Gasteiger partial charge in [0.2, 0.25) is 0 Å². The predicted molar refractivity (Wildman–Crippen MR) is 111 cm³/mol. The van der Waals surface area contributed by atoms with Crippen molar-refractivity contribution in [1.82, 2.24) is 15.1 Å². The normalized spacial score (nSPS) is 19.9. The van der Waals surface area contributed by atoms with Crippen molar-refractivity contribution < 1.29 is 4.79 Å². The average Bonchev–Trinajstić information content (AvgIpc) is 3.41. The molecule has 5 nitrogen and oxygen atoms in total. The molecular weight excluding hydrogens is 356 g/mol. The monoisotopic (exact) mass is 384 g/mol. The summed E-state index contributed by atoms with van der Waals surface area (Å²) < 4.78 is 1.84. The molecule has 0 spiro atoms. The second-order valence-electron chi connectivity index (χ2n) is 7.60. The van der Waals surface area contributed by atoms with Gasteiger partial charge in [-0.1, -0.05) is 25.0 Å². The summed E-state index contributed by atoms with van der Waals surface area (Å²) in [4.78, 5) is 13.3. The number of nitrogens with zero attached hydrogens (tertiary/aromatic N) is 2. The van der Waals surface area contributed by atoms with Gasteiger partial charge in [0.25, 0.3) is 5.91 Å². The summed E-state index contributed by atoms with van der Waals surface area (Å²) in [5, 5.41) is 11.7. The molecule has 1 aromatic carbocycles. The van der Waals surface area contributed by atoms with E-state index < -0.39 is 5.54 Å². The molecule has 0 radical (unpaired) electrons. The summed E-state index contributed by atoms with van der Waals surface area (Å²) in [6, 6.07) is 10.2. The van der Waals surface area contributed by atoms with Crippen LogP contribution >= 0.6 is 11.8 Å². The van der Waals surface area contributed by atoms with Gasteiger partial charge in [-0.2, -0.15) is 16.9 Å². The van der Waals surface area contributed by atoms with Gasteiger partial charge in [0.15, 0.2) is 0 Å². The molecule has 0 atom stereocenters. The zero-order valence-corrected chi connectivity index (χ0v) is 16.5. The van der Waals surface area contributed by atoms with Gasteiger partial charge in [0.05, 0.1) is 0 Å². The van der Waals surface area contributed by atoms with Crippen molar-refractivity contribution in [2.45, 2.75) is 55.1 Å². The Kier molecular flexibility index (Phi) is 5.83. The van der Waals surface area contributed by atoms with E-state index in [1.54, 1.807) is 6.20 Å². The first-order valence-electron chi connectivity index (χ1n) is 9.99. The number of piperidine rings is 1. The molecule has 2 heterocycles. The Morgan fingerprint density at radius 1 is 1.26 bits per heavy atom. The maximum Gasteiger partial charge on any atom is 0.252 e. The standard InChI is InChI=1S/C21H28N4OS/c26-20(21(9-12-22-13-10-21)25-14-4-11-23-25)24-18-6-3-5-17(15-18)16-27-19-7-1-2-8-19/h3-6,11,14-15,19,22H,1-2,7-10,12-13,16H2,(H,24,26). The molecule has 4 rings (SSSR count). The lowest BCUT2D eigenvalue weighted by Gasteiger charge is -2.36. The van der Waals surface area contributed by atoms with Gasteiger partial charge in [-0.15, -0.1) is 0 Å². The van der Waals surface area contributed by atoms with Crippen LogP contribution in [0.2, 0.25) is 0 Å². The van der Waals surface area contributed by atoms with Crippen molar-refractivity contribution in [2.75, 3.05) is 18.4 Å². The van der Waals surface area contributed by atoms with Crippen molar-refractivity contribution in [3.05, 3.63) is 48.3 Å². The smallest absolute Gasteiger partial charge is 0.252 e. The van der Waals surface area contributed by atoms with E-state index in [9.17, 15) is 4.79 Å². The fraction of sp³-hybridized carbons (Fsp3) is 0.524. The number of aromatic nitrogens is 2. The number of hydrogen-bond acceptors (Lipinski definition) is 4. The number of benzene rings is 1. The van der Waals surface area contributed by atoms with Crippen LogP contribution in [-0.4, -0.2) is 34.0 Å². The highest BCUT2D eigenvalue weighted by molar-refractivity contribution is 7.99. The van der Waals surface area contributed by atoms with Crippen LogP contribution in [0.3, 0.4) is 0 Å². The van der Waals surface area contributed by atoms with Gasteiger partial charge >= 0.3 is 0 Å². The van der Waals surface area contributed by atoms with Gasteiger partial charge in [0, 0.05) is 29.1 Å². The SMILES string of the molecule is O=C(Nc1cccc(CSC2CCCC2)c1)C1(n2cccn2)CCNCC1. The molecule has 1 aromatic heterocycles. The third kappa shape index (κ3) is 4.22. The summed E-state index contributed by atoms with van der Waals surface area (Å²) in [5.41, 5.74) is 1.56. The molecule has 27 heavy (non-hydrogen) atoms. The van der Waals surface area contributed by atoms with Gasteiger partial charge in [-0.05, 0) is 62.5 Å². The van der Waals surface area contributed by atoms with Crippen molar-refractivity contribution >= 4 is 23.4 Å². The number of nitrogens with one attached hydrogen (secondary N) is 2. The summed E-state index contributed by atoms with van der Waals surface area (Å²) in [7, 11) is 0. The van der Waals surface area contributed by atoms with Crippen molar-refractivity contribution in [3.8, 4) is 0 Å². The molecule has 6 heteroatoms. The Morgan fingerprint density at radius 2 is 2.07 bits per heavy atom. The van der Waals surface area contributed by atoms with Crippen LogP contribution in [0.4, 0.5) is 5.69 Å². The molecule has 0 bridgehead atoms. The maximum atomic E-state index is 13.3. The van der Waals surface area contributed by atoms with E-state index in [1.807, 2.05) is 29.1 Å². The number of rotatable bonds is 6. The quantitative estimate of drug-likeness (QED) is 0.796. The van der Waals surface area contributed by atoms with Gasteiger partial charge < -0.3 is 10.6 Å². The van der Waals surface area contributed by atoms with Gasteiger partial charge in [-0.3, -0.25) is 9.48 Å². The highest BCUT2D eigenvalue weighted by Gasteiger charge is 2.42. The molecule has 1 amide bonds. The van der Waals surface area contributed by atoms with E-state index >= 15 is 0 Å². The number of amides is 1. The molecule has 0 unspecified atom stereocenters. The van der Waals surface area contributed by atoms with E-state index in [0.717, 1.165) is 42.6 Å². The summed E-state index contributed by atoms with van der Waals surface area (Å²) in [6.07, 6.45) is 10.6. The minimum atomic E-state index is -0.608. The van der Waals surface area contributed by atoms with Crippen molar-refractivity contribution in [2.24, 2.45) is 0 Å². The number of hydrogen-bond donors (Lipinski definition) is 2. The Balaban J connectivity index is 1.45. The summed E-state index contributed by atoms with van der Waals surface area (Å²) in [6.45, 7) is 1.65. The molecule has 2 aliphatic rings. The van der Waals surface area contributed by atoms with Crippen LogP contribution in [0.5, 0.6) is 0 Å². The molecule has 1 saturated carbocycles. The molecule has 1 saturated heterocycles. The lowest BCUT2D eigenvalue weighted by Crippen LogP contribution is -2.52. The second-order valence-corrected chi connectivity index (χ2v) is 8.89. The van der Waals surface area contributed by atoms with E-state index in [4.69, 9.17) is 0 Å². The van der Waals surface area contributed by atoms with Gasteiger partial charge in [-0.25, -0.2) is 0 Å². The molecule has 2 N–H and O–H groups in total. The minimum absolute atomic E-state index is 0.0355. The van der Waals surface area contributed by atoms with E-state index in [2.05, 4.69) is 39.6 Å². The van der Waals surface area contributed by atoms with Crippen LogP contribution in [0.25, 0.3) is 0 Å². The largest absolute Gasteiger partial charge is 0.324 e. The number of thioether (sulfide) groups is 1. The number of anilines is 1. The zero-order valence-electron chi connectivity index (χ0n) is 15.7. The second kappa shape index (κ2) is 8.48. The third-order valence-corrected chi connectivity index (χ3v) is 7.21. The zero-order chi connectivity index (χ0) is 18.5. The van der Waals surface area contributed by atoms with E-state index in [0.29, 0.717) is 0 Å². The van der Waals surface area contributed by atoms with E-state index in [-0.39, 0.29) is 5.91 Å². The molecule has 2 fully saturated rings. The Bertz CT molecular complexity index is 749. The highest BCUT2D eigenvalue weighted by Crippen LogP contribution is 2.32. The predicted octanol–water partition coefficient (Wildman–Crippen LogP) is 3.78. The van der Waals surface area contributed by atoms with Crippen LogP contribution in [0.1, 0.15) is 44.1 Å². The average molecular weight is 385 g/mol. The molecular formula is C21H28N4OS. The van der Waals surface area contributed by atoms with Crippen molar-refractivity contribution in [1.29, 1.82) is 0 Å². The summed E-state index contributed by atoms with van der Waals surface area (Å²) in [5.74, 6) is 1.05. The first-order chi connectivity index (χ1) is 13.3. The Hall–Kier alpha value is -1.79.